The molecule has 6 nitrogen and oxygen atoms in total. The average molecular weight is 367 g/mol. The third-order valence-electron chi connectivity index (χ3n) is 4.91. The first-order chi connectivity index (χ1) is 13.0. The predicted octanol–water partition coefficient (Wildman–Crippen LogP) is 2.70. The lowest BCUT2D eigenvalue weighted by atomic mass is 10.1. The van der Waals surface area contributed by atoms with Gasteiger partial charge in [0.2, 0.25) is 0 Å². The van der Waals surface area contributed by atoms with Gasteiger partial charge in [-0.25, -0.2) is 4.79 Å². The number of likely N-dealkylation sites (N-methyl/N-ethyl adjacent to an activating group) is 2. The number of carbonyl (C=O) groups excluding carboxylic acids is 2. The van der Waals surface area contributed by atoms with Crippen LogP contribution in [0.1, 0.15) is 34.1 Å². The lowest BCUT2D eigenvalue weighted by Gasteiger charge is -2.24. The van der Waals surface area contributed by atoms with Crippen LogP contribution in [0, 0.1) is 0 Å². The Bertz CT molecular complexity index is 820. The third-order valence-corrected chi connectivity index (χ3v) is 4.91. The summed E-state index contributed by atoms with van der Waals surface area (Å²) in [7, 11) is 3.94. The Morgan fingerprint density at radius 1 is 1.26 bits per heavy atom. The molecule has 1 aromatic carbocycles. The summed E-state index contributed by atoms with van der Waals surface area (Å²) in [5.74, 6) is -0.371. The normalized spacial score (nSPS) is 16.9. The number of aromatic nitrogens is 1. The van der Waals surface area contributed by atoms with Gasteiger partial charge in [0.1, 0.15) is 0 Å². The van der Waals surface area contributed by atoms with Crippen molar-refractivity contribution < 1.29 is 14.3 Å². The number of pyridine rings is 1. The number of hydrogen-bond donors (Lipinski definition) is 0. The molecule has 1 saturated heterocycles. The number of hydrogen-bond acceptors (Lipinski definition) is 5. The SMILES string of the molecule is CCOC(=O)c1ccc(-c2cccc(C(=O)N(C)[C@@H]3CCN(C)C3)c2)nc1. The molecule has 0 bridgehead atoms. The van der Waals surface area contributed by atoms with Crippen LogP contribution in [-0.4, -0.2) is 66.5 Å². The second-order valence-corrected chi connectivity index (χ2v) is 6.85. The minimum atomic E-state index is -0.386. The van der Waals surface area contributed by atoms with Crippen molar-refractivity contribution in [2.45, 2.75) is 19.4 Å². The van der Waals surface area contributed by atoms with E-state index in [9.17, 15) is 9.59 Å². The second-order valence-electron chi connectivity index (χ2n) is 6.85. The Kier molecular flexibility index (Phi) is 5.86. The minimum absolute atomic E-state index is 0.0142. The lowest BCUT2D eigenvalue weighted by Crippen LogP contribution is -2.38. The molecule has 0 N–H and O–H groups in total. The highest BCUT2D eigenvalue weighted by Crippen LogP contribution is 2.21. The smallest absolute Gasteiger partial charge is 0.339 e. The molecule has 0 radical (unpaired) electrons. The number of amides is 1. The van der Waals surface area contributed by atoms with Crippen molar-refractivity contribution in [3.63, 3.8) is 0 Å². The molecule has 1 aromatic heterocycles. The Morgan fingerprint density at radius 3 is 2.70 bits per heavy atom. The molecule has 0 unspecified atom stereocenters. The molecule has 1 amide bonds. The maximum atomic E-state index is 12.9. The first-order valence-electron chi connectivity index (χ1n) is 9.19. The molecule has 142 valence electrons. The van der Waals surface area contributed by atoms with Gasteiger partial charge < -0.3 is 14.5 Å². The van der Waals surface area contributed by atoms with Gasteiger partial charge >= 0.3 is 5.97 Å². The zero-order valence-corrected chi connectivity index (χ0v) is 16.0. The monoisotopic (exact) mass is 367 g/mol. The van der Waals surface area contributed by atoms with Crippen LogP contribution in [0.3, 0.4) is 0 Å². The van der Waals surface area contributed by atoms with E-state index in [1.807, 2.05) is 36.2 Å². The molecule has 0 spiro atoms. The molecular formula is C21H25N3O3. The van der Waals surface area contributed by atoms with Crippen LogP contribution in [0.15, 0.2) is 42.6 Å². The van der Waals surface area contributed by atoms with Crippen molar-refractivity contribution in [1.82, 2.24) is 14.8 Å². The third kappa shape index (κ3) is 4.34. The van der Waals surface area contributed by atoms with E-state index in [1.54, 1.807) is 19.1 Å². The largest absolute Gasteiger partial charge is 0.462 e. The number of esters is 1. The van der Waals surface area contributed by atoms with E-state index in [-0.39, 0.29) is 17.9 Å². The average Bonchev–Trinajstić information content (AvgIpc) is 3.13. The fourth-order valence-corrected chi connectivity index (χ4v) is 3.31. The Morgan fingerprint density at radius 2 is 2.07 bits per heavy atom. The van der Waals surface area contributed by atoms with Gasteiger partial charge in [-0.15, -0.1) is 0 Å². The lowest BCUT2D eigenvalue weighted by molar-refractivity contribution is 0.0525. The quantitative estimate of drug-likeness (QED) is 0.761. The van der Waals surface area contributed by atoms with Crippen molar-refractivity contribution in [1.29, 1.82) is 0 Å². The molecule has 1 fully saturated rings. The molecule has 1 aliphatic heterocycles. The fraction of sp³-hybridized carbons (Fsp3) is 0.381. The van der Waals surface area contributed by atoms with Crippen LogP contribution in [0.4, 0.5) is 0 Å². The standard InChI is InChI=1S/C21H25N3O3/c1-4-27-21(26)17-8-9-19(22-13-17)15-6-5-7-16(12-15)20(25)24(3)18-10-11-23(2)14-18/h5-9,12-13,18H,4,10-11,14H2,1-3H3/t18-/m1/s1. The summed E-state index contributed by atoms with van der Waals surface area (Å²) in [4.78, 5) is 33.0. The van der Waals surface area contributed by atoms with Crippen molar-refractivity contribution >= 4 is 11.9 Å². The first-order valence-corrected chi connectivity index (χ1v) is 9.19. The minimum Gasteiger partial charge on any atom is -0.462 e. The highest BCUT2D eigenvalue weighted by Gasteiger charge is 2.27. The summed E-state index contributed by atoms with van der Waals surface area (Å²) >= 11 is 0. The van der Waals surface area contributed by atoms with E-state index < -0.39 is 0 Å². The molecule has 2 heterocycles. The summed E-state index contributed by atoms with van der Waals surface area (Å²) in [5, 5.41) is 0. The van der Waals surface area contributed by atoms with Crippen molar-refractivity contribution in [2.24, 2.45) is 0 Å². The predicted molar refractivity (Wildman–Crippen MR) is 104 cm³/mol. The number of carbonyl (C=O) groups is 2. The van der Waals surface area contributed by atoms with Crippen molar-refractivity contribution in [3.05, 3.63) is 53.7 Å². The van der Waals surface area contributed by atoms with Gasteiger partial charge in [0.05, 0.1) is 17.9 Å². The molecule has 0 saturated carbocycles. The fourth-order valence-electron chi connectivity index (χ4n) is 3.31. The van der Waals surface area contributed by atoms with Crippen LogP contribution in [0.25, 0.3) is 11.3 Å². The van der Waals surface area contributed by atoms with E-state index in [0.717, 1.165) is 25.1 Å². The molecule has 0 aliphatic carbocycles. The summed E-state index contributed by atoms with van der Waals surface area (Å²) in [6.07, 6.45) is 2.50. The van der Waals surface area contributed by atoms with Gasteiger partial charge in [0.25, 0.3) is 5.91 Å². The molecular weight excluding hydrogens is 342 g/mol. The highest BCUT2D eigenvalue weighted by molar-refractivity contribution is 5.95. The molecule has 1 atom stereocenters. The van der Waals surface area contributed by atoms with Crippen LogP contribution < -0.4 is 0 Å². The van der Waals surface area contributed by atoms with Gasteiger partial charge in [-0.1, -0.05) is 12.1 Å². The number of rotatable bonds is 5. The summed E-state index contributed by atoms with van der Waals surface area (Å²) in [5.41, 5.74) is 2.60. The van der Waals surface area contributed by atoms with Crippen LogP contribution in [0.5, 0.6) is 0 Å². The van der Waals surface area contributed by atoms with Crippen LogP contribution in [-0.2, 0) is 4.74 Å². The van der Waals surface area contributed by atoms with Gasteiger partial charge in [-0.2, -0.15) is 0 Å². The Balaban J connectivity index is 1.77. The maximum absolute atomic E-state index is 12.9. The zero-order valence-electron chi connectivity index (χ0n) is 16.0. The number of nitrogens with zero attached hydrogens (tertiary/aromatic N) is 3. The van der Waals surface area contributed by atoms with E-state index in [0.29, 0.717) is 23.4 Å². The van der Waals surface area contributed by atoms with Crippen LogP contribution in [0.2, 0.25) is 0 Å². The number of likely N-dealkylation sites (tertiary alicyclic amines) is 1. The van der Waals surface area contributed by atoms with Crippen molar-refractivity contribution in [2.75, 3.05) is 33.8 Å². The van der Waals surface area contributed by atoms with E-state index in [4.69, 9.17) is 4.74 Å². The van der Waals surface area contributed by atoms with Crippen molar-refractivity contribution in [3.8, 4) is 11.3 Å². The van der Waals surface area contributed by atoms with Gasteiger partial charge in [-0.05, 0) is 51.2 Å². The maximum Gasteiger partial charge on any atom is 0.339 e. The summed E-state index contributed by atoms with van der Waals surface area (Å²) in [6, 6.07) is 11.1. The number of ether oxygens (including phenoxy) is 1. The molecule has 1 aliphatic rings. The van der Waals surface area contributed by atoms with E-state index in [1.165, 1.54) is 6.20 Å². The number of benzene rings is 1. The molecule has 27 heavy (non-hydrogen) atoms. The van der Waals surface area contributed by atoms with Gasteiger partial charge in [0, 0.05) is 37.0 Å². The second kappa shape index (κ2) is 8.31. The zero-order chi connectivity index (χ0) is 19.4. The molecule has 3 rings (SSSR count). The van der Waals surface area contributed by atoms with Gasteiger partial charge in [-0.3, -0.25) is 9.78 Å². The molecule has 6 heteroatoms. The van der Waals surface area contributed by atoms with Crippen LogP contribution >= 0.6 is 0 Å². The highest BCUT2D eigenvalue weighted by atomic mass is 16.5. The Hall–Kier alpha value is -2.73. The van der Waals surface area contributed by atoms with E-state index in [2.05, 4.69) is 16.9 Å². The summed E-state index contributed by atoms with van der Waals surface area (Å²) in [6.45, 7) is 4.01. The van der Waals surface area contributed by atoms with E-state index >= 15 is 0 Å². The topological polar surface area (TPSA) is 62.7 Å². The Labute approximate surface area is 159 Å². The summed E-state index contributed by atoms with van der Waals surface area (Å²) < 4.78 is 4.97. The molecule has 2 aromatic rings. The first kappa shape index (κ1) is 19.0. The van der Waals surface area contributed by atoms with Gasteiger partial charge in [0.15, 0.2) is 0 Å².